The lowest BCUT2D eigenvalue weighted by Crippen LogP contribution is -2.47. The molecule has 468 valence electrons. The van der Waals surface area contributed by atoms with Crippen LogP contribution < -0.4 is 31.9 Å². The number of anilines is 1. The molecule has 3 aromatic rings. The Morgan fingerprint density at radius 1 is 0.524 bits per heavy atom. The first kappa shape index (κ1) is 71.4. The summed E-state index contributed by atoms with van der Waals surface area (Å²) in [6.07, 6.45) is 1.81. The molecule has 3 atom stereocenters. The van der Waals surface area contributed by atoms with Gasteiger partial charge in [-0.05, 0) is 99.5 Å². The Kier molecular flexibility index (Phi) is 35.0. The Balaban J connectivity index is 1.26. The second-order valence-corrected chi connectivity index (χ2v) is 22.3. The molecule has 0 spiro atoms. The van der Waals surface area contributed by atoms with Crippen molar-refractivity contribution in [1.29, 1.82) is 0 Å². The predicted octanol–water partition coefficient (Wildman–Crippen LogP) is 7.43. The van der Waals surface area contributed by atoms with Gasteiger partial charge in [-0.2, -0.15) is 0 Å². The summed E-state index contributed by atoms with van der Waals surface area (Å²) in [5.74, 6) is -1.43. The first-order valence-electron chi connectivity index (χ1n) is 29.1. The first-order chi connectivity index (χ1) is 40.2. The number of benzene rings is 3. The molecule has 3 aromatic carbocycles. The average Bonchev–Trinajstić information content (AvgIpc) is 3.50. The van der Waals surface area contributed by atoms with Crippen LogP contribution >= 0.6 is 0 Å². The molecule has 6 amide bonds. The zero-order valence-corrected chi connectivity index (χ0v) is 50.5. The maximum Gasteiger partial charge on any atom is 0.408 e. The van der Waals surface area contributed by atoms with E-state index in [1.165, 1.54) is 6.07 Å². The molecule has 0 radical (unpaired) electrons. The van der Waals surface area contributed by atoms with E-state index in [-0.39, 0.29) is 150 Å². The Morgan fingerprint density at radius 3 is 1.64 bits per heavy atom. The number of nitrogens with one attached hydrogen (secondary N) is 6. The molecular weight excluding hydrogens is 1080 g/mol. The Bertz CT molecular complexity index is 2380. The molecule has 1 unspecified atom stereocenters. The quantitative estimate of drug-likeness (QED) is 0.0126. The summed E-state index contributed by atoms with van der Waals surface area (Å²) in [7, 11) is 0. The van der Waals surface area contributed by atoms with Gasteiger partial charge < -0.3 is 74.9 Å². The Morgan fingerprint density at radius 2 is 1.06 bits per heavy atom. The van der Waals surface area contributed by atoms with Gasteiger partial charge in [-0.1, -0.05) is 94.4 Å². The van der Waals surface area contributed by atoms with Crippen LogP contribution in [0.25, 0.3) is 0 Å². The zero-order chi connectivity index (χ0) is 61.4. The second kappa shape index (κ2) is 41.2. The number of unbranched alkanes of at least 4 members (excludes halogenated alkanes) is 1. The fourth-order valence-electron chi connectivity index (χ4n) is 7.81. The minimum absolute atomic E-state index is 0.00780. The van der Waals surface area contributed by atoms with Crippen molar-refractivity contribution in [1.82, 2.24) is 26.6 Å². The SMILES string of the molecule is CC(C[C@H](Cc1ccc(O)c(NC(=O)CCCNC(=O)[C@H](CCCCNC(=O)CCOCCOCCNC(=O)CCOCCOCCOCCC(=O)OCc2ccccc2)NC(=O)OCc2ccccc2)c1)NC(=O)OC(C)(C)C)C(C)(C)C. The highest BCUT2D eigenvalue weighted by Crippen LogP contribution is 2.31. The van der Waals surface area contributed by atoms with Crippen molar-refractivity contribution in [2.24, 2.45) is 11.3 Å². The maximum absolute atomic E-state index is 13.4. The molecule has 0 bridgehead atoms. The van der Waals surface area contributed by atoms with E-state index in [1.807, 2.05) is 60.7 Å². The molecule has 22 heteroatoms. The number of aromatic hydroxyl groups is 1. The molecule has 0 heterocycles. The van der Waals surface area contributed by atoms with Crippen molar-refractivity contribution in [3.8, 4) is 5.75 Å². The third kappa shape index (κ3) is 35.3. The zero-order valence-electron chi connectivity index (χ0n) is 50.5. The number of phenols is 1. The molecule has 0 saturated carbocycles. The van der Waals surface area contributed by atoms with Gasteiger partial charge in [0.15, 0.2) is 0 Å². The molecule has 0 fully saturated rings. The van der Waals surface area contributed by atoms with E-state index in [0.717, 1.165) is 16.7 Å². The van der Waals surface area contributed by atoms with E-state index in [9.17, 15) is 38.7 Å². The molecule has 7 N–H and O–H groups in total. The molecule has 0 aromatic heterocycles. The number of phenolic OH excluding ortho intramolecular Hbond substituents is 1. The number of hydrogen-bond acceptors (Lipinski definition) is 16. The van der Waals surface area contributed by atoms with Gasteiger partial charge in [-0.15, -0.1) is 0 Å². The second-order valence-electron chi connectivity index (χ2n) is 22.3. The van der Waals surface area contributed by atoms with Crippen LogP contribution in [0.1, 0.15) is 123 Å². The monoisotopic (exact) mass is 1180 g/mol. The van der Waals surface area contributed by atoms with Gasteiger partial charge in [0.1, 0.15) is 30.6 Å². The molecule has 0 aliphatic heterocycles. The van der Waals surface area contributed by atoms with E-state index in [0.29, 0.717) is 65.2 Å². The minimum atomic E-state index is -0.955. The van der Waals surface area contributed by atoms with Crippen LogP contribution in [0.15, 0.2) is 78.9 Å². The third-order valence-electron chi connectivity index (χ3n) is 12.9. The number of amides is 6. The summed E-state index contributed by atoms with van der Waals surface area (Å²) in [4.78, 5) is 88.5. The summed E-state index contributed by atoms with van der Waals surface area (Å²) in [6, 6.07) is 22.3. The molecule has 0 aliphatic rings. The van der Waals surface area contributed by atoms with Crippen molar-refractivity contribution < 1.29 is 76.6 Å². The standard InChI is InChI=1S/C62H94N6O16/c1-46(61(2,3)4)41-50(66-60(76)84-62(5,6)7)42-49-23-24-53(69)52(43-49)67-56(72)22-16-29-65-58(74)51(68-59(75)83-45-48-19-12-9-13-20-48)21-14-15-28-63-54(70)25-31-77-35-38-80-34-30-64-55(71)26-32-78-36-39-81-40-37-79-33-27-57(73)82-44-47-17-10-8-11-18-47/h8-13,17-20,23-24,43,46,50-51,69H,14-16,21-22,25-42,44-45H2,1-7H3,(H,63,70)(H,64,71)(H,65,74)(H,66,76)(H,67,72)(H,68,75)/t46?,50-,51+/m1/s1. The Hall–Kier alpha value is -6.85. The average molecular weight is 1180 g/mol. The van der Waals surface area contributed by atoms with E-state index < -0.39 is 29.7 Å². The number of alkyl carbamates (subject to hydrolysis) is 2. The number of ether oxygens (including phenoxy) is 8. The summed E-state index contributed by atoms with van der Waals surface area (Å²) >= 11 is 0. The first-order valence-corrected chi connectivity index (χ1v) is 29.1. The van der Waals surface area contributed by atoms with Crippen molar-refractivity contribution in [2.45, 2.75) is 144 Å². The van der Waals surface area contributed by atoms with Crippen LogP contribution in [-0.4, -0.2) is 150 Å². The number of rotatable bonds is 42. The molecular formula is C62H94N6O16. The smallest absolute Gasteiger partial charge is 0.408 e. The largest absolute Gasteiger partial charge is 0.506 e. The van der Waals surface area contributed by atoms with Crippen molar-refractivity contribution in [3.05, 3.63) is 95.6 Å². The molecule has 22 nitrogen and oxygen atoms in total. The molecule has 84 heavy (non-hydrogen) atoms. The number of hydrogen-bond donors (Lipinski definition) is 7. The van der Waals surface area contributed by atoms with Crippen LogP contribution in [0.5, 0.6) is 5.75 Å². The van der Waals surface area contributed by atoms with Gasteiger partial charge in [0.25, 0.3) is 0 Å². The summed E-state index contributed by atoms with van der Waals surface area (Å²) in [6.45, 7) is 17.8. The maximum atomic E-state index is 13.4. The number of carbonyl (C=O) groups is 7. The van der Waals surface area contributed by atoms with Crippen LogP contribution in [-0.2, 0) is 81.5 Å². The lowest BCUT2D eigenvalue weighted by molar-refractivity contribution is -0.146. The molecule has 0 aliphatic carbocycles. The fourth-order valence-corrected chi connectivity index (χ4v) is 7.81. The van der Waals surface area contributed by atoms with Gasteiger partial charge in [0.05, 0.1) is 78.2 Å². The van der Waals surface area contributed by atoms with Crippen LogP contribution in [0.4, 0.5) is 15.3 Å². The van der Waals surface area contributed by atoms with Crippen LogP contribution in [0.2, 0.25) is 0 Å². The van der Waals surface area contributed by atoms with Gasteiger partial charge in [-0.25, -0.2) is 9.59 Å². The minimum Gasteiger partial charge on any atom is -0.506 e. The fraction of sp³-hybridized carbons (Fsp3) is 0.597. The summed E-state index contributed by atoms with van der Waals surface area (Å²) in [5, 5.41) is 27.5. The van der Waals surface area contributed by atoms with Crippen LogP contribution in [0, 0.1) is 11.3 Å². The lowest BCUT2D eigenvalue weighted by Gasteiger charge is -2.32. The van der Waals surface area contributed by atoms with Crippen LogP contribution in [0.3, 0.4) is 0 Å². The molecule has 0 saturated heterocycles. The van der Waals surface area contributed by atoms with Gasteiger partial charge in [0.2, 0.25) is 23.6 Å². The van der Waals surface area contributed by atoms with Crippen molar-refractivity contribution in [3.63, 3.8) is 0 Å². The highest BCUT2D eigenvalue weighted by atomic mass is 16.6. The normalized spacial score (nSPS) is 12.5. The van der Waals surface area contributed by atoms with Gasteiger partial charge >= 0.3 is 18.2 Å². The lowest BCUT2D eigenvalue weighted by atomic mass is 9.78. The third-order valence-corrected chi connectivity index (χ3v) is 12.9. The van der Waals surface area contributed by atoms with Crippen molar-refractivity contribution in [2.75, 3.05) is 91.0 Å². The number of carbonyl (C=O) groups excluding carboxylic acids is 7. The topological polar surface area (TPSA) is 286 Å². The van der Waals surface area contributed by atoms with E-state index in [4.69, 9.17) is 37.9 Å². The van der Waals surface area contributed by atoms with Crippen molar-refractivity contribution >= 4 is 47.5 Å². The summed E-state index contributed by atoms with van der Waals surface area (Å²) in [5.41, 5.74) is 2.03. The molecule has 3 rings (SSSR count). The van der Waals surface area contributed by atoms with Gasteiger partial charge in [-0.3, -0.25) is 24.0 Å². The Labute approximate surface area is 496 Å². The van der Waals surface area contributed by atoms with E-state index in [1.54, 1.807) is 32.9 Å². The predicted molar refractivity (Wildman–Crippen MR) is 317 cm³/mol. The highest BCUT2D eigenvalue weighted by molar-refractivity contribution is 5.92. The van der Waals surface area contributed by atoms with Gasteiger partial charge in [0, 0.05) is 44.9 Å². The highest BCUT2D eigenvalue weighted by Gasteiger charge is 2.27. The van der Waals surface area contributed by atoms with E-state index in [2.05, 4.69) is 59.6 Å². The number of esters is 1. The summed E-state index contributed by atoms with van der Waals surface area (Å²) < 4.78 is 43.5. The van der Waals surface area contributed by atoms with E-state index >= 15 is 0 Å².